The van der Waals surface area contributed by atoms with E-state index >= 15 is 0 Å². The minimum atomic E-state index is -0.236. The molecule has 2 aromatic rings. The molecule has 0 amide bonds. The van der Waals surface area contributed by atoms with Gasteiger partial charge >= 0.3 is 5.97 Å². The topological polar surface area (TPSA) is 63.2 Å². The molecule has 0 fully saturated rings. The van der Waals surface area contributed by atoms with Crippen molar-refractivity contribution in [3.63, 3.8) is 0 Å². The molecule has 2 atom stereocenters. The summed E-state index contributed by atoms with van der Waals surface area (Å²) in [5.41, 5.74) is 3.72. The summed E-state index contributed by atoms with van der Waals surface area (Å²) < 4.78 is 28.2. The lowest BCUT2D eigenvalue weighted by molar-refractivity contribution is -0.941. The normalized spacial score (nSPS) is 19.4. The molecule has 2 aromatic carbocycles. The van der Waals surface area contributed by atoms with Gasteiger partial charge < -0.3 is 28.2 Å². The number of hydrogen-bond acceptors (Lipinski definition) is 6. The molecule has 33 heavy (non-hydrogen) atoms. The van der Waals surface area contributed by atoms with Crippen molar-refractivity contribution >= 4 is 5.97 Å². The van der Waals surface area contributed by atoms with Crippen LogP contribution in [0, 0.1) is 0 Å². The molecule has 1 aliphatic rings. The van der Waals surface area contributed by atoms with Gasteiger partial charge in [0, 0.05) is 31.7 Å². The molecule has 7 nitrogen and oxygen atoms in total. The zero-order chi connectivity index (χ0) is 24.0. The zero-order valence-corrected chi connectivity index (χ0v) is 20.6. The molecule has 0 saturated carbocycles. The van der Waals surface area contributed by atoms with E-state index in [2.05, 4.69) is 31.3 Å². The van der Waals surface area contributed by atoms with Crippen molar-refractivity contribution in [1.82, 2.24) is 0 Å². The number of fused-ring (bicyclic) bond motifs is 1. The summed E-state index contributed by atoms with van der Waals surface area (Å²) in [6.45, 7) is 3.78. The Morgan fingerprint density at radius 2 is 1.58 bits per heavy atom. The average molecular weight is 459 g/mol. The van der Waals surface area contributed by atoms with Crippen LogP contribution >= 0.6 is 0 Å². The lowest BCUT2D eigenvalue weighted by atomic mass is 9.86. The summed E-state index contributed by atoms with van der Waals surface area (Å²) >= 11 is 0. The number of ether oxygens (including phenoxy) is 5. The van der Waals surface area contributed by atoms with Crippen LogP contribution in [0.2, 0.25) is 0 Å². The van der Waals surface area contributed by atoms with Gasteiger partial charge in [-0.3, -0.25) is 4.79 Å². The molecule has 0 spiro atoms. The minimum absolute atomic E-state index is 0.198. The van der Waals surface area contributed by atoms with Gasteiger partial charge in [0.05, 0.1) is 55.2 Å². The van der Waals surface area contributed by atoms with Gasteiger partial charge in [0.1, 0.15) is 6.04 Å². The van der Waals surface area contributed by atoms with E-state index in [4.69, 9.17) is 23.7 Å². The summed E-state index contributed by atoms with van der Waals surface area (Å²) in [6.07, 6.45) is 2.58. The number of hydrogen-bond donors (Lipinski definition) is 0. The van der Waals surface area contributed by atoms with E-state index in [9.17, 15) is 4.79 Å². The molecule has 0 bridgehead atoms. The van der Waals surface area contributed by atoms with E-state index in [1.54, 1.807) is 28.4 Å². The number of methoxy groups -OCH3 is 4. The third kappa shape index (κ3) is 5.53. The Labute approximate surface area is 196 Å². The van der Waals surface area contributed by atoms with Crippen LogP contribution in [0.3, 0.4) is 0 Å². The van der Waals surface area contributed by atoms with Crippen LogP contribution in [0.4, 0.5) is 0 Å². The Balaban J connectivity index is 1.98. The number of carbonyl (C=O) groups excluding carboxylic acids is 1. The molecule has 0 radical (unpaired) electrons. The van der Waals surface area contributed by atoms with Crippen molar-refractivity contribution in [1.29, 1.82) is 0 Å². The monoisotopic (exact) mass is 458 g/mol. The molecule has 0 N–H and O–H groups in total. The average Bonchev–Trinajstić information content (AvgIpc) is 2.82. The maximum Gasteiger partial charge on any atom is 0.302 e. The van der Waals surface area contributed by atoms with E-state index in [-0.39, 0.29) is 12.0 Å². The molecular formula is C26H36NO6+. The SMILES string of the molecule is COc1ccc(C[C@H]2c3cc(OC)c(OC)cc3CC[N@@+]2(C)CCCOC(C)=O)cc1OC. The fraction of sp³-hybridized carbons (Fsp3) is 0.500. The predicted molar refractivity (Wildman–Crippen MR) is 126 cm³/mol. The molecule has 0 unspecified atom stereocenters. The first-order valence-corrected chi connectivity index (χ1v) is 11.3. The smallest absolute Gasteiger partial charge is 0.302 e. The molecular weight excluding hydrogens is 422 g/mol. The fourth-order valence-corrected chi connectivity index (χ4v) is 4.80. The first-order valence-electron chi connectivity index (χ1n) is 11.3. The summed E-state index contributed by atoms with van der Waals surface area (Å²) in [5.74, 6) is 2.70. The Morgan fingerprint density at radius 1 is 0.939 bits per heavy atom. The second-order valence-electron chi connectivity index (χ2n) is 8.69. The van der Waals surface area contributed by atoms with Crippen LogP contribution in [-0.2, 0) is 22.4 Å². The lowest BCUT2D eigenvalue weighted by Gasteiger charge is -2.46. The van der Waals surface area contributed by atoms with Crippen molar-refractivity contribution in [2.45, 2.75) is 32.2 Å². The van der Waals surface area contributed by atoms with Crippen LogP contribution in [0.15, 0.2) is 30.3 Å². The molecule has 7 heteroatoms. The van der Waals surface area contributed by atoms with E-state index < -0.39 is 0 Å². The molecule has 180 valence electrons. The number of esters is 1. The van der Waals surface area contributed by atoms with Crippen molar-refractivity contribution in [3.05, 3.63) is 47.0 Å². The van der Waals surface area contributed by atoms with Crippen molar-refractivity contribution in [3.8, 4) is 23.0 Å². The molecule has 0 aromatic heterocycles. The highest BCUT2D eigenvalue weighted by Crippen LogP contribution is 2.43. The van der Waals surface area contributed by atoms with E-state index in [0.29, 0.717) is 6.61 Å². The van der Waals surface area contributed by atoms with Gasteiger partial charge in [-0.25, -0.2) is 0 Å². The number of rotatable bonds is 10. The van der Waals surface area contributed by atoms with E-state index in [1.807, 2.05) is 6.07 Å². The standard InChI is InChI=1S/C26H36NO6/c1-18(28)33-13-7-11-27(2)12-10-20-16-25(31-5)26(32-6)17-21(20)22(27)14-19-8-9-23(29-3)24(15-19)30-4/h8-9,15-17,22H,7,10-14H2,1-6H3/q+1/t22-,27+/m0/s1. The molecule has 1 heterocycles. The molecule has 0 aliphatic carbocycles. The molecule has 1 aliphatic heterocycles. The maximum atomic E-state index is 11.2. The van der Waals surface area contributed by atoms with E-state index in [1.165, 1.54) is 23.6 Å². The highest BCUT2D eigenvalue weighted by Gasteiger charge is 2.39. The number of likely N-dealkylation sites (N-methyl/N-ethyl adjacent to an activating group) is 1. The van der Waals surface area contributed by atoms with Gasteiger partial charge in [-0.1, -0.05) is 6.07 Å². The van der Waals surface area contributed by atoms with Gasteiger partial charge in [-0.05, 0) is 35.4 Å². The van der Waals surface area contributed by atoms with E-state index in [0.717, 1.165) is 59.8 Å². The second kappa shape index (κ2) is 10.8. The zero-order valence-electron chi connectivity index (χ0n) is 20.6. The first-order chi connectivity index (χ1) is 15.8. The highest BCUT2D eigenvalue weighted by molar-refractivity contribution is 5.65. The number of carbonyl (C=O) groups is 1. The lowest BCUT2D eigenvalue weighted by Crippen LogP contribution is -2.52. The van der Waals surface area contributed by atoms with Crippen molar-refractivity contribution in [2.24, 2.45) is 0 Å². The second-order valence-corrected chi connectivity index (χ2v) is 8.69. The Hall–Kier alpha value is -2.93. The predicted octanol–water partition coefficient (Wildman–Crippen LogP) is 3.96. The van der Waals surface area contributed by atoms with Crippen LogP contribution in [0.5, 0.6) is 23.0 Å². The van der Waals surface area contributed by atoms with Crippen molar-refractivity contribution in [2.75, 3.05) is 55.2 Å². The van der Waals surface area contributed by atoms with Crippen LogP contribution in [-0.4, -0.2) is 65.6 Å². The first kappa shape index (κ1) is 24.7. The number of benzene rings is 2. The molecule has 3 rings (SSSR count). The highest BCUT2D eigenvalue weighted by atomic mass is 16.5. The van der Waals surface area contributed by atoms with Crippen LogP contribution < -0.4 is 18.9 Å². The number of nitrogens with zero attached hydrogens (tertiary/aromatic N) is 1. The van der Waals surface area contributed by atoms with Crippen LogP contribution in [0.25, 0.3) is 0 Å². The number of quaternary nitrogens is 1. The fourth-order valence-electron chi connectivity index (χ4n) is 4.80. The third-order valence-corrected chi connectivity index (χ3v) is 6.64. The Kier molecular flexibility index (Phi) is 8.08. The van der Waals surface area contributed by atoms with Gasteiger partial charge in [-0.15, -0.1) is 0 Å². The largest absolute Gasteiger partial charge is 0.493 e. The summed E-state index contributed by atoms with van der Waals surface area (Å²) in [6, 6.07) is 10.5. The summed E-state index contributed by atoms with van der Waals surface area (Å²) in [5, 5.41) is 0. The summed E-state index contributed by atoms with van der Waals surface area (Å²) in [4.78, 5) is 11.2. The van der Waals surface area contributed by atoms with Gasteiger partial charge in [0.2, 0.25) is 0 Å². The quantitative estimate of drug-likeness (QED) is 0.305. The minimum Gasteiger partial charge on any atom is -0.493 e. The van der Waals surface area contributed by atoms with Gasteiger partial charge in [-0.2, -0.15) is 0 Å². The third-order valence-electron chi connectivity index (χ3n) is 6.64. The van der Waals surface area contributed by atoms with Gasteiger partial charge in [0.25, 0.3) is 0 Å². The Morgan fingerprint density at radius 3 is 2.21 bits per heavy atom. The molecule has 0 saturated heterocycles. The summed E-state index contributed by atoms with van der Waals surface area (Å²) in [7, 11) is 8.93. The maximum absolute atomic E-state index is 11.2. The Bertz CT molecular complexity index is 975. The van der Waals surface area contributed by atoms with Crippen molar-refractivity contribution < 1.29 is 33.0 Å². The van der Waals surface area contributed by atoms with Gasteiger partial charge in [0.15, 0.2) is 23.0 Å². The van der Waals surface area contributed by atoms with Crippen LogP contribution in [0.1, 0.15) is 36.1 Å².